The third-order valence-electron chi connectivity index (χ3n) is 5.53. The third-order valence-corrected chi connectivity index (χ3v) is 6.79. The number of fused-ring (bicyclic) bond motifs is 1. The summed E-state index contributed by atoms with van der Waals surface area (Å²) in [5.41, 5.74) is 3.36. The molecule has 2 aromatic heterocycles. The van der Waals surface area contributed by atoms with Crippen LogP contribution in [0.3, 0.4) is 0 Å². The molecule has 0 fully saturated rings. The summed E-state index contributed by atoms with van der Waals surface area (Å²) >= 11 is 7.74. The molecule has 1 amide bonds. The van der Waals surface area contributed by atoms with Crippen molar-refractivity contribution < 1.29 is 4.79 Å². The topological polar surface area (TPSA) is 72.7 Å². The lowest BCUT2D eigenvalue weighted by Crippen LogP contribution is -2.14. The minimum Gasteiger partial charge on any atom is -0.326 e. The molecule has 1 aliphatic rings. The van der Waals surface area contributed by atoms with Crippen LogP contribution in [-0.4, -0.2) is 25.7 Å². The molecule has 0 saturated carbocycles. The Labute approximate surface area is 195 Å². The fraction of sp³-hybridized carbons (Fsp3) is 0.250. The van der Waals surface area contributed by atoms with Crippen molar-refractivity contribution in [1.29, 1.82) is 0 Å². The summed E-state index contributed by atoms with van der Waals surface area (Å²) in [5.74, 6) is 1.86. The Hall–Kier alpha value is -3.03. The fourth-order valence-corrected chi connectivity index (χ4v) is 5.06. The van der Waals surface area contributed by atoms with Gasteiger partial charge in [0.1, 0.15) is 10.8 Å². The molecule has 1 N–H and O–H groups in total. The molecule has 3 heterocycles. The molecule has 5 rings (SSSR count). The number of thiazole rings is 1. The first-order chi connectivity index (χ1) is 15.7. The standard InChI is InChI=1S/C24H22ClN5OS/c25-20-7-4-3-6-19(20)24-27-18(15-32-24)14-22(31)26-17-11-9-16(10-12-17)23-29-28-21-8-2-1-5-13-30(21)23/h3-4,6-7,9-12,15H,1-2,5,8,13-14H2,(H,26,31). The number of rotatable bonds is 5. The van der Waals surface area contributed by atoms with E-state index in [1.807, 2.05) is 53.9 Å². The largest absolute Gasteiger partial charge is 0.326 e. The molecule has 8 heteroatoms. The van der Waals surface area contributed by atoms with E-state index in [4.69, 9.17) is 11.6 Å². The zero-order chi connectivity index (χ0) is 21.9. The summed E-state index contributed by atoms with van der Waals surface area (Å²) in [6, 6.07) is 15.4. The summed E-state index contributed by atoms with van der Waals surface area (Å²) in [7, 11) is 0. The summed E-state index contributed by atoms with van der Waals surface area (Å²) < 4.78 is 2.22. The second-order valence-electron chi connectivity index (χ2n) is 7.83. The van der Waals surface area contributed by atoms with Crippen molar-refractivity contribution in [2.24, 2.45) is 0 Å². The van der Waals surface area contributed by atoms with Crippen molar-refractivity contribution in [3.63, 3.8) is 0 Å². The van der Waals surface area contributed by atoms with E-state index in [1.165, 1.54) is 24.2 Å². The number of nitrogens with one attached hydrogen (secondary N) is 1. The van der Waals surface area contributed by atoms with E-state index < -0.39 is 0 Å². The monoisotopic (exact) mass is 463 g/mol. The zero-order valence-electron chi connectivity index (χ0n) is 17.4. The van der Waals surface area contributed by atoms with Gasteiger partial charge in [-0.15, -0.1) is 21.5 Å². The van der Waals surface area contributed by atoms with Gasteiger partial charge in [0.05, 0.1) is 17.1 Å². The summed E-state index contributed by atoms with van der Waals surface area (Å²) in [6.45, 7) is 0.958. The van der Waals surface area contributed by atoms with Gasteiger partial charge in [-0.25, -0.2) is 4.98 Å². The maximum atomic E-state index is 12.5. The molecule has 0 spiro atoms. The van der Waals surface area contributed by atoms with E-state index in [0.29, 0.717) is 5.02 Å². The van der Waals surface area contributed by atoms with Crippen LogP contribution in [0.25, 0.3) is 22.0 Å². The molecule has 0 aliphatic carbocycles. The molecular weight excluding hydrogens is 442 g/mol. The number of hydrogen-bond donors (Lipinski definition) is 1. The van der Waals surface area contributed by atoms with E-state index >= 15 is 0 Å². The van der Waals surface area contributed by atoms with Crippen molar-refractivity contribution in [2.75, 3.05) is 5.32 Å². The van der Waals surface area contributed by atoms with Crippen molar-refractivity contribution in [2.45, 2.75) is 38.6 Å². The van der Waals surface area contributed by atoms with Gasteiger partial charge < -0.3 is 9.88 Å². The van der Waals surface area contributed by atoms with Gasteiger partial charge in [-0.3, -0.25) is 4.79 Å². The van der Waals surface area contributed by atoms with Crippen LogP contribution in [0.1, 0.15) is 30.8 Å². The number of carbonyl (C=O) groups excluding carboxylic acids is 1. The Kier molecular flexibility index (Phi) is 6.01. The van der Waals surface area contributed by atoms with Crippen molar-refractivity contribution in [3.8, 4) is 22.0 Å². The smallest absolute Gasteiger partial charge is 0.230 e. The van der Waals surface area contributed by atoms with E-state index in [1.54, 1.807) is 0 Å². The number of aromatic nitrogens is 4. The Morgan fingerprint density at radius 1 is 1.06 bits per heavy atom. The first-order valence-corrected chi connectivity index (χ1v) is 11.9. The van der Waals surface area contributed by atoms with E-state index in [0.717, 1.165) is 58.6 Å². The van der Waals surface area contributed by atoms with E-state index in [-0.39, 0.29) is 12.3 Å². The van der Waals surface area contributed by atoms with Crippen LogP contribution < -0.4 is 5.32 Å². The van der Waals surface area contributed by atoms with Gasteiger partial charge >= 0.3 is 0 Å². The minimum atomic E-state index is -0.106. The Balaban J connectivity index is 1.24. The average molecular weight is 464 g/mol. The second kappa shape index (κ2) is 9.22. The van der Waals surface area contributed by atoms with Crippen molar-refractivity contribution in [1.82, 2.24) is 19.7 Å². The van der Waals surface area contributed by atoms with E-state index in [9.17, 15) is 4.79 Å². The van der Waals surface area contributed by atoms with Crippen LogP contribution >= 0.6 is 22.9 Å². The molecule has 2 aromatic carbocycles. The molecule has 32 heavy (non-hydrogen) atoms. The normalized spacial score (nSPS) is 13.4. The van der Waals surface area contributed by atoms with Gasteiger partial charge in [-0.2, -0.15) is 0 Å². The summed E-state index contributed by atoms with van der Waals surface area (Å²) in [6.07, 6.45) is 4.74. The van der Waals surface area contributed by atoms with Crippen LogP contribution in [0.2, 0.25) is 5.02 Å². The number of carbonyl (C=O) groups is 1. The number of anilines is 1. The van der Waals surface area contributed by atoms with Crippen molar-refractivity contribution in [3.05, 3.63) is 70.5 Å². The molecule has 4 aromatic rings. The lowest BCUT2D eigenvalue weighted by atomic mass is 10.2. The predicted octanol–water partition coefficient (Wildman–Crippen LogP) is 5.63. The highest BCUT2D eigenvalue weighted by Gasteiger charge is 2.16. The van der Waals surface area contributed by atoms with Gasteiger partial charge in [-0.1, -0.05) is 36.2 Å². The number of halogens is 1. The fourth-order valence-electron chi connectivity index (χ4n) is 3.92. The lowest BCUT2D eigenvalue weighted by molar-refractivity contribution is -0.115. The molecule has 0 bridgehead atoms. The third kappa shape index (κ3) is 4.45. The number of hydrogen-bond acceptors (Lipinski definition) is 5. The van der Waals surface area contributed by atoms with Gasteiger partial charge in [0.2, 0.25) is 5.91 Å². The Bertz CT molecular complexity index is 1250. The maximum absolute atomic E-state index is 12.5. The van der Waals surface area contributed by atoms with Crippen LogP contribution in [-0.2, 0) is 24.2 Å². The Morgan fingerprint density at radius 2 is 1.91 bits per heavy atom. The molecule has 0 unspecified atom stereocenters. The highest BCUT2D eigenvalue weighted by molar-refractivity contribution is 7.13. The molecule has 162 valence electrons. The molecule has 0 atom stereocenters. The number of aryl methyl sites for hydroxylation is 1. The minimum absolute atomic E-state index is 0.106. The van der Waals surface area contributed by atoms with Gasteiger partial charge in [0.15, 0.2) is 5.82 Å². The molecule has 0 radical (unpaired) electrons. The van der Waals surface area contributed by atoms with Crippen molar-refractivity contribution >= 4 is 34.5 Å². The van der Waals surface area contributed by atoms with Crippen LogP contribution in [0.5, 0.6) is 0 Å². The van der Waals surface area contributed by atoms with Gasteiger partial charge in [0, 0.05) is 35.2 Å². The quantitative estimate of drug-likeness (QED) is 0.416. The Morgan fingerprint density at radius 3 is 2.75 bits per heavy atom. The first kappa shape index (κ1) is 20.8. The highest BCUT2D eigenvalue weighted by atomic mass is 35.5. The zero-order valence-corrected chi connectivity index (χ0v) is 19.0. The number of amides is 1. The highest BCUT2D eigenvalue weighted by Crippen LogP contribution is 2.30. The summed E-state index contributed by atoms with van der Waals surface area (Å²) in [4.78, 5) is 17.1. The molecular formula is C24H22ClN5OS. The molecule has 6 nitrogen and oxygen atoms in total. The SMILES string of the molecule is O=C(Cc1csc(-c2ccccc2Cl)n1)Nc1ccc(-c2nnc3n2CCCCC3)cc1. The average Bonchev–Trinajstić information content (AvgIpc) is 3.35. The number of benzene rings is 2. The van der Waals surface area contributed by atoms with Crippen LogP contribution in [0, 0.1) is 0 Å². The first-order valence-electron chi connectivity index (χ1n) is 10.7. The van der Waals surface area contributed by atoms with Gasteiger partial charge in [-0.05, 0) is 43.2 Å². The lowest BCUT2D eigenvalue weighted by Gasteiger charge is -2.08. The van der Waals surface area contributed by atoms with E-state index in [2.05, 4.69) is 25.1 Å². The molecule has 1 aliphatic heterocycles. The van der Waals surface area contributed by atoms with Crippen LogP contribution in [0.15, 0.2) is 53.9 Å². The number of nitrogens with zero attached hydrogens (tertiary/aromatic N) is 4. The predicted molar refractivity (Wildman–Crippen MR) is 128 cm³/mol. The van der Waals surface area contributed by atoms with Crippen LogP contribution in [0.4, 0.5) is 5.69 Å². The maximum Gasteiger partial charge on any atom is 0.230 e. The summed E-state index contributed by atoms with van der Waals surface area (Å²) in [5, 5.41) is 15.1. The van der Waals surface area contributed by atoms with Gasteiger partial charge in [0.25, 0.3) is 0 Å². The molecule has 0 saturated heterocycles. The second-order valence-corrected chi connectivity index (χ2v) is 9.09.